The molecular formula is C14H21NO4S2. The van der Waals surface area contributed by atoms with E-state index in [1.54, 1.807) is 30.0 Å². The van der Waals surface area contributed by atoms with Gasteiger partial charge < -0.3 is 9.47 Å². The van der Waals surface area contributed by atoms with Crippen LogP contribution in [0.1, 0.15) is 20.8 Å². The van der Waals surface area contributed by atoms with Gasteiger partial charge in [0.2, 0.25) is 10.0 Å². The van der Waals surface area contributed by atoms with Gasteiger partial charge in [-0.3, -0.25) is 0 Å². The van der Waals surface area contributed by atoms with Crippen molar-refractivity contribution in [3.8, 4) is 11.5 Å². The third-order valence-electron chi connectivity index (χ3n) is 3.19. The Bertz CT molecular complexity index is 589. The number of thioether (sulfide) groups is 1. The predicted octanol–water partition coefficient (Wildman–Crippen LogP) is 2.57. The summed E-state index contributed by atoms with van der Waals surface area (Å²) in [5.41, 5.74) is 0. The minimum atomic E-state index is -3.54. The third-order valence-corrected chi connectivity index (χ3v) is 6.49. The van der Waals surface area contributed by atoms with Crippen molar-refractivity contribution in [3.05, 3.63) is 18.2 Å². The second kappa shape index (κ2) is 6.89. The van der Waals surface area contributed by atoms with Crippen LogP contribution < -0.4 is 9.47 Å². The fourth-order valence-electron chi connectivity index (χ4n) is 2.25. The van der Waals surface area contributed by atoms with Gasteiger partial charge in [0.05, 0.1) is 18.6 Å². The monoisotopic (exact) mass is 331 g/mol. The first-order valence-corrected chi connectivity index (χ1v) is 9.52. The normalized spacial score (nSPS) is 19.7. The molecule has 1 aliphatic rings. The maximum absolute atomic E-state index is 12.8. The average molecular weight is 331 g/mol. The number of hydrogen-bond acceptors (Lipinski definition) is 5. The molecule has 118 valence electrons. The second-order valence-electron chi connectivity index (χ2n) is 4.56. The topological polar surface area (TPSA) is 55.8 Å². The fourth-order valence-corrected chi connectivity index (χ4v) is 5.39. The molecule has 0 saturated carbocycles. The number of rotatable bonds is 6. The van der Waals surface area contributed by atoms with Gasteiger partial charge in [-0.15, -0.1) is 11.8 Å². The van der Waals surface area contributed by atoms with Gasteiger partial charge in [0.1, 0.15) is 16.4 Å². The fraction of sp³-hybridized carbons (Fsp3) is 0.571. The van der Waals surface area contributed by atoms with Crippen molar-refractivity contribution in [1.29, 1.82) is 0 Å². The summed E-state index contributed by atoms with van der Waals surface area (Å²) in [7, 11) is -3.54. The highest BCUT2D eigenvalue weighted by Crippen LogP contribution is 2.35. The second-order valence-corrected chi connectivity index (χ2v) is 7.84. The van der Waals surface area contributed by atoms with Crippen LogP contribution in [-0.2, 0) is 10.0 Å². The molecule has 1 fully saturated rings. The van der Waals surface area contributed by atoms with Crippen molar-refractivity contribution in [2.45, 2.75) is 31.0 Å². The Labute approximate surface area is 130 Å². The van der Waals surface area contributed by atoms with Crippen LogP contribution in [0.25, 0.3) is 0 Å². The highest BCUT2D eigenvalue weighted by molar-refractivity contribution is 8.01. The zero-order valence-corrected chi connectivity index (χ0v) is 14.2. The molecule has 1 saturated heterocycles. The molecule has 1 atom stereocenters. The maximum Gasteiger partial charge on any atom is 0.247 e. The van der Waals surface area contributed by atoms with Crippen LogP contribution in [-0.4, -0.2) is 43.6 Å². The zero-order chi connectivity index (χ0) is 15.5. The summed E-state index contributed by atoms with van der Waals surface area (Å²) in [5, 5.41) is -0.0453. The number of benzene rings is 1. The third kappa shape index (κ3) is 3.46. The number of hydrogen-bond donors (Lipinski definition) is 0. The minimum Gasteiger partial charge on any atom is -0.494 e. The minimum absolute atomic E-state index is 0.0453. The van der Waals surface area contributed by atoms with Crippen molar-refractivity contribution in [2.75, 3.05) is 25.5 Å². The summed E-state index contributed by atoms with van der Waals surface area (Å²) >= 11 is 1.64. The lowest BCUT2D eigenvalue weighted by molar-refractivity contribution is 0.315. The quantitative estimate of drug-likeness (QED) is 0.802. The van der Waals surface area contributed by atoms with E-state index >= 15 is 0 Å². The number of nitrogens with zero attached hydrogens (tertiary/aromatic N) is 1. The summed E-state index contributed by atoms with van der Waals surface area (Å²) in [6.07, 6.45) is 0. The molecule has 1 unspecified atom stereocenters. The smallest absolute Gasteiger partial charge is 0.247 e. The van der Waals surface area contributed by atoms with Crippen LogP contribution >= 0.6 is 11.8 Å². The molecule has 7 heteroatoms. The Balaban J connectivity index is 2.41. The summed E-state index contributed by atoms with van der Waals surface area (Å²) < 4.78 is 38.1. The molecule has 1 aromatic carbocycles. The lowest BCUT2D eigenvalue weighted by atomic mass is 10.3. The Morgan fingerprint density at radius 2 is 2.00 bits per heavy atom. The molecule has 0 aromatic heterocycles. The average Bonchev–Trinajstić information content (AvgIpc) is 2.86. The summed E-state index contributed by atoms with van der Waals surface area (Å²) in [6, 6.07) is 4.89. The first-order chi connectivity index (χ1) is 10.0. The molecule has 21 heavy (non-hydrogen) atoms. The highest BCUT2D eigenvalue weighted by Gasteiger charge is 2.35. The Hall–Kier alpha value is -0.920. The summed E-state index contributed by atoms with van der Waals surface area (Å²) in [4.78, 5) is 0.210. The summed E-state index contributed by atoms with van der Waals surface area (Å²) in [5.74, 6) is 1.79. The van der Waals surface area contributed by atoms with Gasteiger partial charge in [-0.25, -0.2) is 8.42 Å². The van der Waals surface area contributed by atoms with Gasteiger partial charge in [-0.05, 0) is 32.9 Å². The predicted molar refractivity (Wildman–Crippen MR) is 84.6 cm³/mol. The van der Waals surface area contributed by atoms with E-state index in [0.29, 0.717) is 31.3 Å². The maximum atomic E-state index is 12.8. The SMILES string of the molecule is CCOc1ccc(S(=O)(=O)N2CCSC2C)c(OCC)c1. The molecule has 0 amide bonds. The van der Waals surface area contributed by atoms with E-state index in [9.17, 15) is 8.42 Å². The van der Waals surface area contributed by atoms with Crippen LogP contribution in [0.4, 0.5) is 0 Å². The molecule has 5 nitrogen and oxygen atoms in total. The van der Waals surface area contributed by atoms with E-state index < -0.39 is 10.0 Å². The van der Waals surface area contributed by atoms with Gasteiger partial charge in [0.15, 0.2) is 0 Å². The van der Waals surface area contributed by atoms with Gasteiger partial charge in [0, 0.05) is 18.4 Å². The Morgan fingerprint density at radius 1 is 1.29 bits per heavy atom. The van der Waals surface area contributed by atoms with E-state index in [-0.39, 0.29) is 10.3 Å². The van der Waals surface area contributed by atoms with E-state index in [0.717, 1.165) is 5.75 Å². The van der Waals surface area contributed by atoms with E-state index in [1.165, 1.54) is 4.31 Å². The first kappa shape index (κ1) is 16.5. The van der Waals surface area contributed by atoms with Gasteiger partial charge in [-0.1, -0.05) is 0 Å². The molecule has 0 N–H and O–H groups in total. The van der Waals surface area contributed by atoms with Crippen molar-refractivity contribution < 1.29 is 17.9 Å². The lowest BCUT2D eigenvalue weighted by Gasteiger charge is -2.22. The molecule has 2 rings (SSSR count). The molecular weight excluding hydrogens is 310 g/mol. The Morgan fingerprint density at radius 3 is 2.57 bits per heavy atom. The number of ether oxygens (including phenoxy) is 2. The van der Waals surface area contributed by atoms with Crippen LogP contribution in [0.5, 0.6) is 11.5 Å². The zero-order valence-electron chi connectivity index (χ0n) is 12.5. The van der Waals surface area contributed by atoms with Crippen LogP contribution in [0.2, 0.25) is 0 Å². The van der Waals surface area contributed by atoms with Crippen LogP contribution in [0.3, 0.4) is 0 Å². The molecule has 1 heterocycles. The van der Waals surface area contributed by atoms with Crippen molar-refractivity contribution in [1.82, 2.24) is 4.31 Å². The van der Waals surface area contributed by atoms with Gasteiger partial charge in [-0.2, -0.15) is 4.31 Å². The largest absolute Gasteiger partial charge is 0.494 e. The molecule has 0 radical (unpaired) electrons. The van der Waals surface area contributed by atoms with Gasteiger partial charge >= 0.3 is 0 Å². The van der Waals surface area contributed by atoms with E-state index in [1.807, 2.05) is 20.8 Å². The summed E-state index contributed by atoms with van der Waals surface area (Å²) in [6.45, 7) is 7.09. The molecule has 0 aliphatic carbocycles. The van der Waals surface area contributed by atoms with Crippen molar-refractivity contribution in [3.63, 3.8) is 0 Å². The molecule has 0 bridgehead atoms. The standard InChI is InChI=1S/C14H21NO4S2/c1-4-18-12-6-7-14(13(10-12)19-5-2)21(16,17)15-8-9-20-11(15)3/h6-7,10-11H,4-5,8-9H2,1-3H3. The molecule has 1 aromatic rings. The highest BCUT2D eigenvalue weighted by atomic mass is 32.2. The van der Waals surface area contributed by atoms with Crippen LogP contribution in [0.15, 0.2) is 23.1 Å². The van der Waals surface area contributed by atoms with Gasteiger partial charge in [0.25, 0.3) is 0 Å². The number of sulfonamides is 1. The van der Waals surface area contributed by atoms with Crippen molar-refractivity contribution >= 4 is 21.8 Å². The van der Waals surface area contributed by atoms with E-state index in [2.05, 4.69) is 0 Å². The molecule has 0 spiro atoms. The Kier molecular flexibility index (Phi) is 5.40. The molecule has 1 aliphatic heterocycles. The van der Waals surface area contributed by atoms with Crippen LogP contribution in [0, 0.1) is 0 Å². The van der Waals surface area contributed by atoms with E-state index in [4.69, 9.17) is 9.47 Å². The lowest BCUT2D eigenvalue weighted by Crippen LogP contribution is -2.33. The van der Waals surface area contributed by atoms with Crippen molar-refractivity contribution in [2.24, 2.45) is 0 Å². The first-order valence-electron chi connectivity index (χ1n) is 7.03.